The second kappa shape index (κ2) is 8.06. The Morgan fingerprint density at radius 2 is 1.80 bits per heavy atom. The van der Waals surface area contributed by atoms with Crippen LogP contribution in [0.1, 0.15) is 66.3 Å². The highest BCUT2D eigenvalue weighted by molar-refractivity contribution is 6.30. The molecule has 1 saturated carbocycles. The highest BCUT2D eigenvalue weighted by Crippen LogP contribution is 2.34. The third-order valence-electron chi connectivity index (χ3n) is 6.85. The summed E-state index contributed by atoms with van der Waals surface area (Å²) >= 11 is 6.07. The van der Waals surface area contributed by atoms with Crippen LogP contribution < -0.4 is 4.90 Å². The lowest BCUT2D eigenvalue weighted by molar-refractivity contribution is -0.136. The molecule has 0 bridgehead atoms. The van der Waals surface area contributed by atoms with E-state index in [0.29, 0.717) is 17.5 Å². The number of nitrogens with zero attached hydrogens (tertiary/aromatic N) is 3. The summed E-state index contributed by atoms with van der Waals surface area (Å²) in [5.74, 6) is 0.902. The number of carbonyl (C=O) groups excluding carboxylic acids is 2. The molecule has 1 aromatic carbocycles. The molecule has 158 valence electrons. The molecule has 0 spiro atoms. The van der Waals surface area contributed by atoms with E-state index < -0.39 is 0 Å². The average Bonchev–Trinajstić information content (AvgIpc) is 3.53. The van der Waals surface area contributed by atoms with Crippen molar-refractivity contribution in [2.75, 3.05) is 24.5 Å². The fraction of sp³-hybridized carbons (Fsp3) is 0.522. The zero-order chi connectivity index (χ0) is 20.7. The van der Waals surface area contributed by atoms with Crippen molar-refractivity contribution in [3.8, 4) is 0 Å². The molecule has 3 aliphatic rings. The van der Waals surface area contributed by atoms with E-state index in [0.717, 1.165) is 62.1 Å². The van der Waals surface area contributed by atoms with Gasteiger partial charge in [0.25, 0.3) is 5.91 Å². The van der Waals surface area contributed by atoms with E-state index in [1.807, 2.05) is 17.0 Å². The predicted molar refractivity (Wildman–Crippen MR) is 114 cm³/mol. The average molecular weight is 428 g/mol. The third kappa shape index (κ3) is 3.62. The number of hydrogen-bond acceptors (Lipinski definition) is 4. The molecule has 2 fully saturated rings. The molecule has 0 radical (unpaired) electrons. The van der Waals surface area contributed by atoms with E-state index >= 15 is 0 Å². The normalized spacial score (nSPS) is 20.0. The number of amides is 2. The fourth-order valence-corrected chi connectivity index (χ4v) is 5.32. The van der Waals surface area contributed by atoms with Crippen molar-refractivity contribution in [3.05, 3.63) is 46.3 Å². The van der Waals surface area contributed by atoms with Crippen molar-refractivity contribution in [2.45, 2.75) is 50.9 Å². The van der Waals surface area contributed by atoms with E-state index in [2.05, 4.69) is 5.16 Å². The quantitative estimate of drug-likeness (QED) is 0.726. The monoisotopic (exact) mass is 427 g/mol. The summed E-state index contributed by atoms with van der Waals surface area (Å²) in [6.45, 7) is 2.14. The third-order valence-corrected chi connectivity index (χ3v) is 7.09. The van der Waals surface area contributed by atoms with Crippen LogP contribution in [0.15, 0.2) is 28.8 Å². The second-order valence-corrected chi connectivity index (χ2v) is 9.11. The van der Waals surface area contributed by atoms with Crippen LogP contribution in [0.25, 0.3) is 0 Å². The first kappa shape index (κ1) is 19.6. The molecule has 2 aliphatic heterocycles. The lowest BCUT2D eigenvalue weighted by Gasteiger charge is -2.32. The summed E-state index contributed by atoms with van der Waals surface area (Å²) < 4.78 is 5.44. The lowest BCUT2D eigenvalue weighted by atomic mass is 9.92. The Morgan fingerprint density at radius 1 is 1.03 bits per heavy atom. The fourth-order valence-electron chi connectivity index (χ4n) is 5.12. The summed E-state index contributed by atoms with van der Waals surface area (Å²) in [7, 11) is 0. The van der Waals surface area contributed by atoms with Crippen LogP contribution in [0.2, 0.25) is 5.02 Å². The van der Waals surface area contributed by atoms with Gasteiger partial charge in [-0.25, -0.2) is 0 Å². The van der Waals surface area contributed by atoms with Crippen molar-refractivity contribution < 1.29 is 14.1 Å². The smallest absolute Gasteiger partial charge is 0.296 e. The number of piperidine rings is 1. The zero-order valence-corrected chi connectivity index (χ0v) is 17.7. The van der Waals surface area contributed by atoms with Crippen LogP contribution in [-0.4, -0.2) is 41.5 Å². The maximum atomic E-state index is 13.0. The van der Waals surface area contributed by atoms with Gasteiger partial charge in [0.05, 0.1) is 5.69 Å². The maximum absolute atomic E-state index is 13.0. The van der Waals surface area contributed by atoms with Crippen LogP contribution in [0.5, 0.6) is 0 Å². The molecule has 1 saturated heterocycles. The summed E-state index contributed by atoms with van der Waals surface area (Å²) in [6.07, 6.45) is 6.95. The van der Waals surface area contributed by atoms with Gasteiger partial charge in [-0.05, 0) is 55.9 Å². The molecule has 30 heavy (non-hydrogen) atoms. The van der Waals surface area contributed by atoms with E-state index in [9.17, 15) is 9.59 Å². The van der Waals surface area contributed by atoms with Gasteiger partial charge in [0, 0.05) is 48.2 Å². The predicted octanol–water partition coefficient (Wildman–Crippen LogP) is 4.43. The molecular weight excluding hydrogens is 402 g/mol. The van der Waals surface area contributed by atoms with Gasteiger partial charge in [0.1, 0.15) is 0 Å². The van der Waals surface area contributed by atoms with E-state index in [4.69, 9.17) is 16.1 Å². The summed E-state index contributed by atoms with van der Waals surface area (Å²) in [4.78, 5) is 29.4. The Balaban J connectivity index is 1.22. The first-order valence-corrected chi connectivity index (χ1v) is 11.3. The number of halogens is 1. The van der Waals surface area contributed by atoms with Gasteiger partial charge in [-0.1, -0.05) is 29.6 Å². The second-order valence-electron chi connectivity index (χ2n) is 8.68. The van der Waals surface area contributed by atoms with Crippen LogP contribution in [-0.2, 0) is 11.2 Å². The highest BCUT2D eigenvalue weighted by Gasteiger charge is 2.33. The van der Waals surface area contributed by atoms with Gasteiger partial charge in [-0.15, -0.1) is 0 Å². The lowest BCUT2D eigenvalue weighted by Crippen LogP contribution is -2.40. The molecule has 0 unspecified atom stereocenters. The molecule has 0 atom stereocenters. The molecule has 3 heterocycles. The molecular formula is C23H26ClN3O3. The van der Waals surface area contributed by atoms with Crippen molar-refractivity contribution in [1.29, 1.82) is 0 Å². The first-order valence-electron chi connectivity index (χ1n) is 11.0. The van der Waals surface area contributed by atoms with Crippen molar-refractivity contribution in [2.24, 2.45) is 5.92 Å². The Morgan fingerprint density at radius 3 is 2.57 bits per heavy atom. The molecule has 1 aliphatic carbocycles. The largest absolute Gasteiger partial charge is 0.351 e. The molecule has 1 aromatic heterocycles. The van der Waals surface area contributed by atoms with Crippen LogP contribution in [0.4, 0.5) is 5.69 Å². The summed E-state index contributed by atoms with van der Waals surface area (Å²) in [5.41, 5.74) is 2.79. The number of hydrogen-bond donors (Lipinski definition) is 0. The van der Waals surface area contributed by atoms with Crippen molar-refractivity contribution in [1.82, 2.24) is 10.1 Å². The number of carbonyl (C=O) groups is 2. The Kier molecular flexibility index (Phi) is 5.27. The Labute approximate surface area is 181 Å². The van der Waals surface area contributed by atoms with Gasteiger partial charge < -0.3 is 14.3 Å². The van der Waals surface area contributed by atoms with Crippen molar-refractivity contribution in [3.63, 3.8) is 0 Å². The van der Waals surface area contributed by atoms with E-state index in [-0.39, 0.29) is 23.5 Å². The molecule has 2 amide bonds. The first-order chi connectivity index (χ1) is 14.6. The Bertz CT molecular complexity index is 958. The summed E-state index contributed by atoms with van der Waals surface area (Å²) in [5, 5.41) is 4.89. The molecule has 7 heteroatoms. The number of aromatic nitrogens is 1. The van der Waals surface area contributed by atoms with Crippen molar-refractivity contribution >= 4 is 29.1 Å². The van der Waals surface area contributed by atoms with Gasteiger partial charge in [0.2, 0.25) is 11.7 Å². The minimum Gasteiger partial charge on any atom is -0.351 e. The number of likely N-dealkylation sites (tertiary alicyclic amines) is 1. The zero-order valence-electron chi connectivity index (χ0n) is 17.0. The van der Waals surface area contributed by atoms with Crippen LogP contribution >= 0.6 is 11.6 Å². The van der Waals surface area contributed by atoms with Gasteiger partial charge in [0.15, 0.2) is 0 Å². The molecule has 2 aromatic rings. The highest BCUT2D eigenvalue weighted by atomic mass is 35.5. The van der Waals surface area contributed by atoms with Crippen LogP contribution in [0, 0.1) is 5.92 Å². The van der Waals surface area contributed by atoms with Gasteiger partial charge in [-0.2, -0.15) is 0 Å². The minimum atomic E-state index is -0.163. The standard InChI is InChI=1S/C23H26ClN3O3/c24-18-5-6-20-17(13-18)9-12-27(20)23(29)21-14-19(25-30-21)15-7-10-26(11-8-15)22(28)16-3-1-2-4-16/h5-6,13-16H,1-4,7-12H2. The SMILES string of the molecule is O=C(C1CCCC1)N1CCC(c2cc(C(=O)N3CCc4cc(Cl)ccc43)on2)CC1. The topological polar surface area (TPSA) is 66.7 Å². The number of benzene rings is 1. The molecule has 5 rings (SSSR count). The minimum absolute atomic E-state index is 0.163. The van der Waals surface area contributed by atoms with Gasteiger partial charge >= 0.3 is 0 Å². The Hall–Kier alpha value is -2.34. The maximum Gasteiger partial charge on any atom is 0.296 e. The van der Waals surface area contributed by atoms with E-state index in [1.54, 1.807) is 17.0 Å². The van der Waals surface area contributed by atoms with E-state index in [1.165, 1.54) is 12.8 Å². The number of rotatable bonds is 3. The molecule has 6 nitrogen and oxygen atoms in total. The number of fused-ring (bicyclic) bond motifs is 1. The summed E-state index contributed by atoms with van der Waals surface area (Å²) in [6, 6.07) is 7.39. The van der Waals surface area contributed by atoms with Crippen LogP contribution in [0.3, 0.4) is 0 Å². The number of anilines is 1. The van der Waals surface area contributed by atoms with Gasteiger partial charge in [-0.3, -0.25) is 9.59 Å². The molecule has 0 N–H and O–H groups in total.